The van der Waals surface area contributed by atoms with Crippen LogP contribution in [0.5, 0.6) is 0 Å². The average Bonchev–Trinajstić information content (AvgIpc) is 3.05. The van der Waals surface area contributed by atoms with E-state index in [4.69, 9.17) is 0 Å². The summed E-state index contributed by atoms with van der Waals surface area (Å²) in [6, 6.07) is 4.91. The van der Waals surface area contributed by atoms with Crippen LogP contribution < -0.4 is 0 Å². The van der Waals surface area contributed by atoms with Gasteiger partial charge in [-0.3, -0.25) is 9.78 Å². The smallest absolute Gasteiger partial charge is 0.346 e. The summed E-state index contributed by atoms with van der Waals surface area (Å²) in [5, 5.41) is 0.0157. The first-order valence-corrected chi connectivity index (χ1v) is 8.10. The van der Waals surface area contributed by atoms with Crippen LogP contribution in [-0.4, -0.2) is 32.8 Å². The van der Waals surface area contributed by atoms with Gasteiger partial charge in [0.1, 0.15) is 5.65 Å². The third-order valence-electron chi connectivity index (χ3n) is 4.22. The molecule has 5 nitrogen and oxygen atoms in total. The second-order valence-corrected chi connectivity index (χ2v) is 6.19. The van der Waals surface area contributed by atoms with Crippen molar-refractivity contribution >= 4 is 22.5 Å². The fraction of sp³-hybridized carbons (Fsp3) is 0.211. The van der Waals surface area contributed by atoms with E-state index in [0.29, 0.717) is 16.8 Å². The maximum atomic E-state index is 13.1. The molecule has 0 atom stereocenters. The Morgan fingerprint density at radius 3 is 2.59 bits per heavy atom. The minimum absolute atomic E-state index is 0.0157. The molecule has 0 saturated carbocycles. The Kier molecular flexibility index (Phi) is 4.73. The largest absolute Gasteiger partial charge is 0.418 e. The minimum Gasteiger partial charge on any atom is -0.346 e. The molecular weight excluding hydrogens is 357 g/mol. The van der Waals surface area contributed by atoms with E-state index in [2.05, 4.69) is 15.0 Å². The highest BCUT2D eigenvalue weighted by Gasteiger charge is 2.33. The molecule has 0 spiro atoms. The highest BCUT2D eigenvalue weighted by molar-refractivity contribution is 5.85. The van der Waals surface area contributed by atoms with Crippen LogP contribution in [0.25, 0.3) is 27.7 Å². The molecule has 3 heterocycles. The van der Waals surface area contributed by atoms with Crippen LogP contribution in [0.2, 0.25) is 0 Å². The summed E-state index contributed by atoms with van der Waals surface area (Å²) in [6.07, 6.45) is 1.20. The van der Waals surface area contributed by atoms with Crippen molar-refractivity contribution in [3.8, 4) is 11.1 Å². The molecule has 3 aromatic heterocycles. The average molecular weight is 374 g/mol. The summed E-state index contributed by atoms with van der Waals surface area (Å²) in [5.41, 5.74) is 2.03. The molecular formula is C19H17F3N4O. The van der Waals surface area contributed by atoms with Gasteiger partial charge in [0.05, 0.1) is 11.3 Å². The lowest BCUT2D eigenvalue weighted by molar-refractivity contribution is -0.136. The minimum atomic E-state index is -4.46. The molecule has 0 fully saturated rings. The SMILES string of the molecule is CC(=O)N(C)/C=C(\C)c1cc(-c2cnc3[nH]cc(C(F)(F)F)c3c2)ccn1. The van der Waals surface area contributed by atoms with Crippen molar-refractivity contribution in [2.24, 2.45) is 0 Å². The molecule has 8 heteroatoms. The van der Waals surface area contributed by atoms with Gasteiger partial charge in [-0.2, -0.15) is 13.2 Å². The lowest BCUT2D eigenvalue weighted by atomic mass is 10.0. The van der Waals surface area contributed by atoms with Crippen LogP contribution in [0.1, 0.15) is 25.1 Å². The Morgan fingerprint density at radius 2 is 1.93 bits per heavy atom. The van der Waals surface area contributed by atoms with Gasteiger partial charge >= 0.3 is 6.18 Å². The molecule has 0 aliphatic carbocycles. The first-order valence-electron chi connectivity index (χ1n) is 8.10. The maximum Gasteiger partial charge on any atom is 0.418 e. The zero-order chi connectivity index (χ0) is 19.8. The molecule has 27 heavy (non-hydrogen) atoms. The van der Waals surface area contributed by atoms with Gasteiger partial charge in [0.25, 0.3) is 0 Å². The standard InChI is InChI=1S/C19H17F3N4O/c1-11(10-26(3)12(2)27)17-7-13(4-5-23-17)14-6-15-16(19(20,21)22)9-25-18(15)24-8-14/h4-10H,1-3H3,(H,24,25)/b11-10+. The van der Waals surface area contributed by atoms with Gasteiger partial charge < -0.3 is 9.88 Å². The molecule has 3 rings (SSSR count). The van der Waals surface area contributed by atoms with Crippen LogP contribution in [0.3, 0.4) is 0 Å². The molecule has 0 radical (unpaired) electrons. The molecule has 0 aliphatic rings. The second kappa shape index (κ2) is 6.86. The van der Waals surface area contributed by atoms with E-state index >= 15 is 0 Å². The third kappa shape index (κ3) is 3.84. The number of rotatable bonds is 3. The van der Waals surface area contributed by atoms with E-state index in [1.54, 1.807) is 38.5 Å². The Hall–Kier alpha value is -3.16. The number of alkyl halides is 3. The number of H-pyrrole nitrogens is 1. The molecule has 0 aliphatic heterocycles. The highest BCUT2D eigenvalue weighted by atomic mass is 19.4. The lowest BCUT2D eigenvalue weighted by Crippen LogP contribution is -2.17. The van der Waals surface area contributed by atoms with Gasteiger partial charge in [0, 0.05) is 49.7 Å². The zero-order valence-corrected chi connectivity index (χ0v) is 14.9. The number of carbonyl (C=O) groups is 1. The van der Waals surface area contributed by atoms with Crippen LogP contribution in [0.15, 0.2) is 43.0 Å². The van der Waals surface area contributed by atoms with Crippen molar-refractivity contribution in [1.29, 1.82) is 0 Å². The number of allylic oxidation sites excluding steroid dienone is 1. The third-order valence-corrected chi connectivity index (χ3v) is 4.22. The molecule has 140 valence electrons. The Bertz CT molecular complexity index is 1040. The fourth-order valence-electron chi connectivity index (χ4n) is 2.67. The van der Waals surface area contributed by atoms with Crippen LogP contribution in [0.4, 0.5) is 13.2 Å². The number of pyridine rings is 2. The number of fused-ring (bicyclic) bond motifs is 1. The van der Waals surface area contributed by atoms with Gasteiger partial charge in [-0.1, -0.05) is 0 Å². The van der Waals surface area contributed by atoms with E-state index in [1.165, 1.54) is 24.1 Å². The predicted molar refractivity (Wildman–Crippen MR) is 96.4 cm³/mol. The van der Waals surface area contributed by atoms with Gasteiger partial charge in [0.15, 0.2) is 0 Å². The number of nitrogens with one attached hydrogen (secondary N) is 1. The fourth-order valence-corrected chi connectivity index (χ4v) is 2.67. The van der Waals surface area contributed by atoms with Gasteiger partial charge in [-0.25, -0.2) is 4.98 Å². The van der Waals surface area contributed by atoms with E-state index in [-0.39, 0.29) is 16.9 Å². The van der Waals surface area contributed by atoms with Crippen LogP contribution >= 0.6 is 0 Å². The van der Waals surface area contributed by atoms with E-state index in [1.807, 2.05) is 0 Å². The number of aromatic amines is 1. The zero-order valence-electron chi connectivity index (χ0n) is 14.9. The molecule has 0 bridgehead atoms. The predicted octanol–water partition coefficient (Wildman–Crippen LogP) is 4.48. The van der Waals surface area contributed by atoms with Crippen molar-refractivity contribution in [3.63, 3.8) is 0 Å². The van der Waals surface area contributed by atoms with Crippen molar-refractivity contribution in [2.45, 2.75) is 20.0 Å². The van der Waals surface area contributed by atoms with E-state index in [0.717, 1.165) is 11.8 Å². The molecule has 1 N–H and O–H groups in total. The van der Waals surface area contributed by atoms with Gasteiger partial charge in [-0.05, 0) is 36.3 Å². The highest BCUT2D eigenvalue weighted by Crippen LogP contribution is 2.35. The summed E-state index contributed by atoms with van der Waals surface area (Å²) in [7, 11) is 1.64. The van der Waals surface area contributed by atoms with Crippen LogP contribution in [-0.2, 0) is 11.0 Å². The van der Waals surface area contributed by atoms with Crippen molar-refractivity contribution in [3.05, 3.63) is 54.2 Å². The number of hydrogen-bond donors (Lipinski definition) is 1. The number of halogens is 3. The number of hydrogen-bond acceptors (Lipinski definition) is 3. The molecule has 0 unspecified atom stereocenters. The molecule has 0 aromatic carbocycles. The van der Waals surface area contributed by atoms with Crippen molar-refractivity contribution in [1.82, 2.24) is 19.9 Å². The summed E-state index contributed by atoms with van der Waals surface area (Å²) in [4.78, 5) is 23.7. The normalized spacial score (nSPS) is 12.4. The van der Waals surface area contributed by atoms with Gasteiger partial charge in [0.2, 0.25) is 5.91 Å². The van der Waals surface area contributed by atoms with Crippen molar-refractivity contribution in [2.75, 3.05) is 7.05 Å². The summed E-state index contributed by atoms with van der Waals surface area (Å²) in [6.45, 7) is 3.25. The number of amides is 1. The Balaban J connectivity index is 2.03. The number of nitrogens with zero attached hydrogens (tertiary/aromatic N) is 3. The molecule has 0 saturated heterocycles. The molecule has 1 amide bonds. The monoisotopic (exact) mass is 374 g/mol. The second-order valence-electron chi connectivity index (χ2n) is 6.19. The van der Waals surface area contributed by atoms with Crippen LogP contribution in [0, 0.1) is 0 Å². The molecule has 3 aromatic rings. The first kappa shape index (κ1) is 18.6. The Morgan fingerprint density at radius 1 is 1.19 bits per heavy atom. The maximum absolute atomic E-state index is 13.1. The lowest BCUT2D eigenvalue weighted by Gasteiger charge is -2.11. The number of aromatic nitrogens is 3. The summed E-state index contributed by atoms with van der Waals surface area (Å²) in [5.74, 6) is -0.118. The first-order chi connectivity index (χ1) is 12.7. The summed E-state index contributed by atoms with van der Waals surface area (Å²) >= 11 is 0. The quantitative estimate of drug-likeness (QED) is 0.735. The van der Waals surface area contributed by atoms with E-state index in [9.17, 15) is 18.0 Å². The number of carbonyl (C=O) groups excluding carboxylic acids is 1. The van der Waals surface area contributed by atoms with E-state index < -0.39 is 11.7 Å². The topological polar surface area (TPSA) is 61.9 Å². The summed E-state index contributed by atoms with van der Waals surface area (Å²) < 4.78 is 39.4. The van der Waals surface area contributed by atoms with Gasteiger partial charge in [-0.15, -0.1) is 0 Å². The van der Waals surface area contributed by atoms with Crippen molar-refractivity contribution < 1.29 is 18.0 Å². The Labute approximate surface area is 153 Å².